The second-order valence-corrected chi connectivity index (χ2v) is 3.05. The van der Waals surface area contributed by atoms with Crippen LogP contribution in [0.5, 0.6) is 11.8 Å². The van der Waals surface area contributed by atoms with E-state index >= 15 is 0 Å². The molecule has 0 saturated carbocycles. The Hall–Kier alpha value is -1.69. The molecular weight excluding hydrogens is 202 g/mol. The first-order chi connectivity index (χ1) is 7.06. The Morgan fingerprint density at radius 2 is 2.00 bits per heavy atom. The number of aliphatic carboxylic acids is 1. The molecule has 1 aromatic heterocycles. The van der Waals surface area contributed by atoms with Crippen LogP contribution in [0.15, 0.2) is 12.1 Å². The molecule has 1 rings (SSSR count). The number of carboxylic acids is 1. The summed E-state index contributed by atoms with van der Waals surface area (Å²) >= 11 is 0. The van der Waals surface area contributed by atoms with Crippen molar-refractivity contribution < 1.29 is 24.9 Å². The van der Waals surface area contributed by atoms with Gasteiger partial charge in [0.25, 0.3) is 0 Å². The number of aromatic hydroxyl groups is 2. The van der Waals surface area contributed by atoms with E-state index < -0.39 is 12.1 Å². The van der Waals surface area contributed by atoms with Crippen LogP contribution in [-0.4, -0.2) is 39.1 Å². The van der Waals surface area contributed by atoms with Crippen LogP contribution >= 0.6 is 0 Å². The first kappa shape index (κ1) is 11.4. The lowest BCUT2D eigenvalue weighted by Gasteiger charge is -2.11. The Labute approximate surface area is 86.3 Å². The Morgan fingerprint density at radius 1 is 1.47 bits per heavy atom. The van der Waals surface area contributed by atoms with Crippen molar-refractivity contribution in [2.24, 2.45) is 0 Å². The molecule has 1 aromatic rings. The minimum absolute atomic E-state index is 0.104. The second kappa shape index (κ2) is 4.70. The summed E-state index contributed by atoms with van der Waals surface area (Å²) in [5.41, 5.74) is 0. The predicted molar refractivity (Wildman–Crippen MR) is 50.8 cm³/mol. The molecule has 3 N–H and O–H groups in total. The van der Waals surface area contributed by atoms with Gasteiger partial charge in [-0.05, 0) is 0 Å². The smallest absolute Gasteiger partial charge is 0.332 e. The van der Waals surface area contributed by atoms with E-state index in [4.69, 9.17) is 9.84 Å². The van der Waals surface area contributed by atoms with Gasteiger partial charge in [-0.3, -0.25) is 4.57 Å². The third kappa shape index (κ3) is 2.63. The number of hydrogen-bond donors (Lipinski definition) is 3. The van der Waals surface area contributed by atoms with Gasteiger partial charge in [0, 0.05) is 32.2 Å². The lowest BCUT2D eigenvalue weighted by atomic mass is 10.2. The molecule has 0 fully saturated rings. The van der Waals surface area contributed by atoms with Gasteiger partial charge < -0.3 is 20.1 Å². The second-order valence-electron chi connectivity index (χ2n) is 3.05. The zero-order chi connectivity index (χ0) is 11.4. The van der Waals surface area contributed by atoms with Crippen LogP contribution in [0.4, 0.5) is 0 Å². The molecular formula is C9H13NO5. The fourth-order valence-electron chi connectivity index (χ4n) is 1.26. The van der Waals surface area contributed by atoms with Crippen LogP contribution in [0.25, 0.3) is 0 Å². The number of carboxylic acid groups (broad SMARTS) is 1. The summed E-state index contributed by atoms with van der Waals surface area (Å²) in [6.45, 7) is 0.176. The van der Waals surface area contributed by atoms with Gasteiger partial charge in [-0.2, -0.15) is 0 Å². The van der Waals surface area contributed by atoms with Gasteiger partial charge in [-0.15, -0.1) is 0 Å². The normalized spacial score (nSPS) is 12.6. The summed E-state index contributed by atoms with van der Waals surface area (Å²) in [7, 11) is 1.30. The summed E-state index contributed by atoms with van der Waals surface area (Å²) in [5.74, 6) is -1.27. The van der Waals surface area contributed by atoms with Gasteiger partial charge in [0.2, 0.25) is 0 Å². The first-order valence-corrected chi connectivity index (χ1v) is 4.39. The number of aromatic nitrogens is 1. The van der Waals surface area contributed by atoms with Crippen LogP contribution in [0.2, 0.25) is 0 Å². The van der Waals surface area contributed by atoms with E-state index in [1.807, 2.05) is 0 Å². The summed E-state index contributed by atoms with van der Waals surface area (Å²) in [6, 6.07) is 2.66. The summed E-state index contributed by atoms with van der Waals surface area (Å²) < 4.78 is 5.92. The number of methoxy groups -OCH3 is 1. The lowest BCUT2D eigenvalue weighted by Crippen LogP contribution is -2.23. The average Bonchev–Trinajstić information content (AvgIpc) is 2.49. The van der Waals surface area contributed by atoms with Gasteiger partial charge >= 0.3 is 5.97 Å². The van der Waals surface area contributed by atoms with Crippen LogP contribution in [0.3, 0.4) is 0 Å². The van der Waals surface area contributed by atoms with Crippen LogP contribution in [0, 0.1) is 0 Å². The third-order valence-corrected chi connectivity index (χ3v) is 2.11. The van der Waals surface area contributed by atoms with E-state index in [2.05, 4.69) is 0 Å². The molecule has 1 unspecified atom stereocenters. The van der Waals surface area contributed by atoms with E-state index in [0.29, 0.717) is 0 Å². The molecule has 0 radical (unpaired) electrons. The molecule has 0 amide bonds. The number of ether oxygens (including phenoxy) is 1. The van der Waals surface area contributed by atoms with E-state index in [1.165, 1.54) is 23.8 Å². The summed E-state index contributed by atoms with van der Waals surface area (Å²) in [6.07, 6.45) is -0.770. The quantitative estimate of drug-likeness (QED) is 0.660. The number of carbonyl (C=O) groups is 1. The van der Waals surface area contributed by atoms with E-state index in [0.717, 1.165) is 0 Å². The van der Waals surface area contributed by atoms with Gasteiger partial charge in [0.15, 0.2) is 17.9 Å². The van der Waals surface area contributed by atoms with Crippen molar-refractivity contribution in [2.75, 3.05) is 7.11 Å². The van der Waals surface area contributed by atoms with Crippen molar-refractivity contribution >= 4 is 5.97 Å². The van der Waals surface area contributed by atoms with Crippen molar-refractivity contribution in [3.8, 4) is 11.8 Å². The maximum Gasteiger partial charge on any atom is 0.332 e. The van der Waals surface area contributed by atoms with Crippen molar-refractivity contribution in [1.29, 1.82) is 0 Å². The maximum absolute atomic E-state index is 10.6. The van der Waals surface area contributed by atoms with Gasteiger partial charge in [0.1, 0.15) is 0 Å². The molecule has 0 aliphatic rings. The van der Waals surface area contributed by atoms with Crippen LogP contribution < -0.4 is 0 Å². The monoisotopic (exact) mass is 215 g/mol. The third-order valence-electron chi connectivity index (χ3n) is 2.11. The molecule has 6 heteroatoms. The average molecular weight is 215 g/mol. The molecule has 0 spiro atoms. The van der Waals surface area contributed by atoms with Crippen molar-refractivity contribution in [2.45, 2.75) is 19.1 Å². The highest BCUT2D eigenvalue weighted by Crippen LogP contribution is 2.21. The van der Waals surface area contributed by atoms with Gasteiger partial charge in [-0.25, -0.2) is 4.79 Å². The van der Waals surface area contributed by atoms with E-state index in [-0.39, 0.29) is 24.7 Å². The highest BCUT2D eigenvalue weighted by Gasteiger charge is 2.17. The largest absolute Gasteiger partial charge is 0.494 e. The van der Waals surface area contributed by atoms with Crippen molar-refractivity contribution in [3.63, 3.8) is 0 Å². The zero-order valence-electron chi connectivity index (χ0n) is 8.25. The highest BCUT2D eigenvalue weighted by atomic mass is 16.5. The molecule has 6 nitrogen and oxygen atoms in total. The predicted octanol–water partition coefficient (Wildman–Crippen LogP) is 0.389. The molecule has 1 atom stereocenters. The van der Waals surface area contributed by atoms with Gasteiger partial charge in [0.05, 0.1) is 0 Å². The lowest BCUT2D eigenvalue weighted by molar-refractivity contribution is -0.149. The Morgan fingerprint density at radius 3 is 2.40 bits per heavy atom. The minimum atomic E-state index is -1.07. The molecule has 15 heavy (non-hydrogen) atoms. The Kier molecular flexibility index (Phi) is 3.56. The maximum atomic E-state index is 10.6. The standard InChI is InChI=1S/C9H13NO5/c1-15-6(9(13)14)4-5-10-7(11)2-3-8(10)12/h2-3,6,11-12H,4-5H2,1H3,(H,13,14). The molecule has 0 saturated heterocycles. The zero-order valence-corrected chi connectivity index (χ0v) is 8.25. The number of nitrogens with zero attached hydrogens (tertiary/aromatic N) is 1. The summed E-state index contributed by atoms with van der Waals surface area (Å²) in [4.78, 5) is 10.6. The fourth-order valence-corrected chi connectivity index (χ4v) is 1.26. The molecule has 0 aromatic carbocycles. The molecule has 0 bridgehead atoms. The number of hydrogen-bond acceptors (Lipinski definition) is 4. The topological polar surface area (TPSA) is 91.9 Å². The van der Waals surface area contributed by atoms with Crippen LogP contribution in [0.1, 0.15) is 6.42 Å². The minimum Gasteiger partial charge on any atom is -0.494 e. The fraction of sp³-hybridized carbons (Fsp3) is 0.444. The van der Waals surface area contributed by atoms with E-state index in [1.54, 1.807) is 0 Å². The molecule has 0 aliphatic carbocycles. The Balaban J connectivity index is 2.60. The Bertz CT molecular complexity index is 327. The van der Waals surface area contributed by atoms with E-state index in [9.17, 15) is 15.0 Å². The molecule has 84 valence electrons. The number of rotatable bonds is 5. The van der Waals surface area contributed by atoms with Gasteiger partial charge in [-0.1, -0.05) is 0 Å². The first-order valence-electron chi connectivity index (χ1n) is 4.39. The summed E-state index contributed by atoms with van der Waals surface area (Å²) in [5, 5.41) is 27.2. The van der Waals surface area contributed by atoms with Crippen molar-refractivity contribution in [1.82, 2.24) is 4.57 Å². The highest BCUT2D eigenvalue weighted by molar-refractivity contribution is 5.72. The van der Waals surface area contributed by atoms with Crippen LogP contribution in [-0.2, 0) is 16.1 Å². The van der Waals surface area contributed by atoms with Crippen molar-refractivity contribution in [3.05, 3.63) is 12.1 Å². The molecule has 0 aliphatic heterocycles. The SMILES string of the molecule is COC(CCn1c(O)ccc1O)C(=O)O. The molecule has 1 heterocycles.